The van der Waals surface area contributed by atoms with E-state index in [0.717, 1.165) is 18.5 Å². The van der Waals surface area contributed by atoms with Crippen molar-refractivity contribution in [3.8, 4) is 17.2 Å². The zero-order valence-corrected chi connectivity index (χ0v) is 18.6. The Bertz CT molecular complexity index is 1120. The molecule has 0 aliphatic carbocycles. The number of hydrogen-bond acceptors (Lipinski definition) is 9. The summed E-state index contributed by atoms with van der Waals surface area (Å²) in [7, 11) is 0. The van der Waals surface area contributed by atoms with Crippen molar-refractivity contribution in [3.63, 3.8) is 0 Å². The molecule has 1 fully saturated rings. The lowest BCUT2D eigenvalue weighted by Crippen LogP contribution is -2.38. The molecule has 11 nitrogen and oxygen atoms in total. The van der Waals surface area contributed by atoms with Crippen LogP contribution >= 0.6 is 0 Å². The zero-order valence-electron chi connectivity index (χ0n) is 18.6. The van der Waals surface area contributed by atoms with Crippen LogP contribution < -0.4 is 10.5 Å². The van der Waals surface area contributed by atoms with Crippen molar-refractivity contribution in [2.45, 2.75) is 26.8 Å². The Morgan fingerprint density at radius 2 is 1.91 bits per heavy atom. The second-order valence-corrected chi connectivity index (χ2v) is 7.87. The van der Waals surface area contributed by atoms with Gasteiger partial charge in [0.25, 0.3) is 17.7 Å². The van der Waals surface area contributed by atoms with E-state index < -0.39 is 5.91 Å². The molecule has 2 N–H and O–H groups in total. The first-order valence-electron chi connectivity index (χ1n) is 10.7. The first-order chi connectivity index (χ1) is 15.9. The van der Waals surface area contributed by atoms with Gasteiger partial charge in [0.1, 0.15) is 17.1 Å². The third kappa shape index (κ3) is 5.20. The summed E-state index contributed by atoms with van der Waals surface area (Å²) in [5.41, 5.74) is 7.04. The summed E-state index contributed by atoms with van der Waals surface area (Å²) >= 11 is 0. The molecule has 3 aromatic rings. The fourth-order valence-electron chi connectivity index (χ4n) is 3.81. The number of rotatable bonds is 7. The van der Waals surface area contributed by atoms with Crippen molar-refractivity contribution in [2.24, 2.45) is 5.73 Å². The number of carbonyl (C=O) groups excluding carboxylic acids is 2. The predicted molar refractivity (Wildman–Crippen MR) is 116 cm³/mol. The fourth-order valence-corrected chi connectivity index (χ4v) is 3.81. The van der Waals surface area contributed by atoms with E-state index in [-0.39, 0.29) is 18.1 Å². The van der Waals surface area contributed by atoms with Gasteiger partial charge in [-0.05, 0) is 32.4 Å². The number of ether oxygens (including phenoxy) is 1. The van der Waals surface area contributed by atoms with E-state index in [1.54, 1.807) is 36.1 Å². The van der Waals surface area contributed by atoms with Gasteiger partial charge in [0.15, 0.2) is 12.4 Å². The van der Waals surface area contributed by atoms with Gasteiger partial charge in [0.05, 0.1) is 17.8 Å². The first-order valence-corrected chi connectivity index (χ1v) is 10.7. The van der Waals surface area contributed by atoms with Crippen LogP contribution in [-0.4, -0.2) is 69.7 Å². The molecule has 0 radical (unpaired) electrons. The topological polar surface area (TPSA) is 141 Å². The highest BCUT2D eigenvalue weighted by Crippen LogP contribution is 2.25. The first kappa shape index (κ1) is 22.5. The van der Waals surface area contributed by atoms with Crippen LogP contribution in [0.4, 0.5) is 0 Å². The molecular weight excluding hydrogens is 428 g/mol. The van der Waals surface area contributed by atoms with Crippen LogP contribution in [0.2, 0.25) is 0 Å². The van der Waals surface area contributed by atoms with Gasteiger partial charge in [-0.15, -0.1) is 0 Å². The largest absolute Gasteiger partial charge is 0.483 e. The van der Waals surface area contributed by atoms with Gasteiger partial charge in [-0.1, -0.05) is 22.4 Å². The number of carbonyl (C=O) groups is 2. The van der Waals surface area contributed by atoms with E-state index in [2.05, 4.69) is 20.2 Å². The Hall–Kier alpha value is -3.73. The van der Waals surface area contributed by atoms with E-state index in [9.17, 15) is 9.59 Å². The highest BCUT2D eigenvalue weighted by molar-refractivity contribution is 5.95. The molecule has 2 amide bonds. The molecule has 174 valence electrons. The van der Waals surface area contributed by atoms with Gasteiger partial charge >= 0.3 is 0 Å². The van der Waals surface area contributed by atoms with Crippen LogP contribution in [0.15, 0.2) is 33.3 Å². The number of nitrogens with two attached hydrogens (primary N) is 1. The molecule has 0 unspecified atom stereocenters. The van der Waals surface area contributed by atoms with E-state index in [1.165, 1.54) is 0 Å². The molecule has 1 aliphatic heterocycles. The molecular formula is C22H26N6O5. The molecule has 1 aromatic carbocycles. The minimum absolute atomic E-state index is 0.142. The fraction of sp³-hybridized carbons (Fsp3) is 0.409. The minimum Gasteiger partial charge on any atom is -0.483 e. The van der Waals surface area contributed by atoms with Crippen molar-refractivity contribution in [1.29, 1.82) is 0 Å². The summed E-state index contributed by atoms with van der Waals surface area (Å²) in [6.07, 6.45) is 0.804. The third-order valence-electron chi connectivity index (χ3n) is 5.53. The van der Waals surface area contributed by atoms with Gasteiger partial charge in [0, 0.05) is 26.2 Å². The quantitative estimate of drug-likeness (QED) is 0.563. The Kier molecular flexibility index (Phi) is 6.68. The average Bonchev–Trinajstić information content (AvgIpc) is 3.30. The summed E-state index contributed by atoms with van der Waals surface area (Å²) in [4.78, 5) is 32.6. The zero-order chi connectivity index (χ0) is 23.4. The van der Waals surface area contributed by atoms with E-state index in [0.29, 0.717) is 55.1 Å². The maximum atomic E-state index is 12.7. The summed E-state index contributed by atoms with van der Waals surface area (Å²) in [5, 5.41) is 8.00. The van der Waals surface area contributed by atoms with Gasteiger partial charge in [-0.2, -0.15) is 4.98 Å². The number of benzene rings is 1. The Morgan fingerprint density at radius 1 is 1.09 bits per heavy atom. The molecule has 4 rings (SSSR count). The van der Waals surface area contributed by atoms with Crippen LogP contribution in [0.1, 0.15) is 34.1 Å². The van der Waals surface area contributed by atoms with E-state index in [1.807, 2.05) is 6.92 Å². The van der Waals surface area contributed by atoms with Gasteiger partial charge in [-0.3, -0.25) is 14.5 Å². The number of amides is 2. The summed E-state index contributed by atoms with van der Waals surface area (Å²) in [6.45, 7) is 6.61. The Balaban J connectivity index is 1.31. The normalized spacial score (nSPS) is 14.8. The summed E-state index contributed by atoms with van der Waals surface area (Å²) < 4.78 is 16.2. The van der Waals surface area contributed by atoms with Gasteiger partial charge < -0.3 is 24.4 Å². The second kappa shape index (κ2) is 9.82. The standard InChI is InChI=1S/C22H26N6O5/c1-14-20(15(2)32-25-14)22-24-18(26-33-22)12-27-8-5-9-28(11-10-27)19(29)13-31-17-7-4-3-6-16(17)21(23)30/h3-4,6-7H,5,8-13H2,1-2H3,(H2,23,30). The molecule has 11 heteroatoms. The lowest BCUT2D eigenvalue weighted by molar-refractivity contribution is -0.133. The number of aromatic nitrogens is 3. The van der Waals surface area contributed by atoms with Crippen LogP contribution in [0, 0.1) is 13.8 Å². The molecule has 0 saturated carbocycles. The molecule has 3 heterocycles. The van der Waals surface area contributed by atoms with Crippen LogP contribution in [0.25, 0.3) is 11.5 Å². The number of nitrogens with zero attached hydrogens (tertiary/aromatic N) is 5. The van der Waals surface area contributed by atoms with Crippen molar-refractivity contribution >= 4 is 11.8 Å². The SMILES string of the molecule is Cc1noc(C)c1-c1nc(CN2CCCN(C(=O)COc3ccccc3C(N)=O)CC2)no1. The summed E-state index contributed by atoms with van der Waals surface area (Å²) in [5.74, 6) is 1.16. The minimum atomic E-state index is -0.595. The maximum Gasteiger partial charge on any atom is 0.263 e. The van der Waals surface area contributed by atoms with Crippen LogP contribution in [0.3, 0.4) is 0 Å². The van der Waals surface area contributed by atoms with Crippen molar-refractivity contribution in [2.75, 3.05) is 32.8 Å². The van der Waals surface area contributed by atoms with Gasteiger partial charge in [-0.25, -0.2) is 0 Å². The van der Waals surface area contributed by atoms with E-state index in [4.69, 9.17) is 19.5 Å². The molecule has 0 atom stereocenters. The summed E-state index contributed by atoms with van der Waals surface area (Å²) in [6, 6.07) is 6.62. The number of primary amides is 1. The molecule has 33 heavy (non-hydrogen) atoms. The predicted octanol–water partition coefficient (Wildman–Crippen LogP) is 1.55. The average molecular weight is 454 g/mol. The van der Waals surface area contributed by atoms with Crippen molar-refractivity contribution in [3.05, 3.63) is 47.1 Å². The highest BCUT2D eigenvalue weighted by atomic mass is 16.5. The molecule has 2 aromatic heterocycles. The second-order valence-electron chi connectivity index (χ2n) is 7.87. The number of para-hydroxylation sites is 1. The number of aryl methyl sites for hydroxylation is 2. The number of hydrogen-bond donors (Lipinski definition) is 1. The molecule has 0 bridgehead atoms. The van der Waals surface area contributed by atoms with Crippen molar-refractivity contribution in [1.82, 2.24) is 25.1 Å². The molecule has 0 spiro atoms. The monoisotopic (exact) mass is 454 g/mol. The Morgan fingerprint density at radius 3 is 2.67 bits per heavy atom. The van der Waals surface area contributed by atoms with Crippen LogP contribution in [-0.2, 0) is 11.3 Å². The lowest BCUT2D eigenvalue weighted by Gasteiger charge is -2.21. The Labute approximate surface area is 190 Å². The van der Waals surface area contributed by atoms with E-state index >= 15 is 0 Å². The van der Waals surface area contributed by atoms with Crippen molar-refractivity contribution < 1.29 is 23.4 Å². The smallest absolute Gasteiger partial charge is 0.263 e. The molecule has 1 aliphatic rings. The van der Waals surface area contributed by atoms with Crippen LogP contribution in [0.5, 0.6) is 5.75 Å². The maximum absolute atomic E-state index is 12.7. The molecule has 1 saturated heterocycles. The van der Waals surface area contributed by atoms with Gasteiger partial charge in [0.2, 0.25) is 0 Å². The third-order valence-corrected chi connectivity index (χ3v) is 5.53. The lowest BCUT2D eigenvalue weighted by atomic mass is 10.2. The highest BCUT2D eigenvalue weighted by Gasteiger charge is 2.23.